The van der Waals surface area contributed by atoms with E-state index in [0.717, 1.165) is 23.3 Å². The van der Waals surface area contributed by atoms with Crippen LogP contribution in [0, 0.1) is 12.8 Å². The first-order valence-electron chi connectivity index (χ1n) is 9.22. The summed E-state index contributed by atoms with van der Waals surface area (Å²) in [7, 11) is 0. The number of likely N-dealkylation sites (tertiary alicyclic amines) is 1. The highest BCUT2D eigenvalue weighted by Crippen LogP contribution is 2.26. The summed E-state index contributed by atoms with van der Waals surface area (Å²) >= 11 is 0. The predicted molar refractivity (Wildman–Crippen MR) is 97.1 cm³/mol. The van der Waals surface area contributed by atoms with Crippen LogP contribution in [-0.4, -0.2) is 59.2 Å². The van der Waals surface area contributed by atoms with E-state index < -0.39 is 23.8 Å². The number of ether oxygens (including phenoxy) is 1. The smallest absolute Gasteiger partial charge is 0.329 e. The summed E-state index contributed by atoms with van der Waals surface area (Å²) in [6, 6.07) is 3.87. The average molecular weight is 372 g/mol. The fourth-order valence-electron chi connectivity index (χ4n) is 3.59. The van der Waals surface area contributed by atoms with Gasteiger partial charge in [-0.05, 0) is 44.7 Å². The van der Waals surface area contributed by atoms with Crippen molar-refractivity contribution in [2.75, 3.05) is 19.7 Å². The van der Waals surface area contributed by atoms with Crippen LogP contribution in [0.25, 0.3) is 0 Å². The number of benzene rings is 1. The number of hydrogen-bond donors (Lipinski definition) is 0. The van der Waals surface area contributed by atoms with Crippen LogP contribution in [0.2, 0.25) is 0 Å². The van der Waals surface area contributed by atoms with Crippen LogP contribution >= 0.6 is 0 Å². The molecule has 0 aliphatic carbocycles. The molecule has 2 aliphatic rings. The third kappa shape index (κ3) is 3.72. The number of rotatable bonds is 4. The van der Waals surface area contributed by atoms with Gasteiger partial charge in [0.25, 0.3) is 17.7 Å². The SMILES string of the molecule is Cc1ccc2c(c1)C(=O)N(C(C)C(=O)OCC(=O)N1CCCC(C)C1)C2=O. The maximum absolute atomic E-state index is 12.5. The summed E-state index contributed by atoms with van der Waals surface area (Å²) in [4.78, 5) is 52.2. The van der Waals surface area contributed by atoms with E-state index in [-0.39, 0.29) is 23.6 Å². The van der Waals surface area contributed by atoms with Gasteiger partial charge in [0.15, 0.2) is 6.61 Å². The Balaban J connectivity index is 1.62. The maximum atomic E-state index is 12.5. The minimum atomic E-state index is -1.09. The van der Waals surface area contributed by atoms with Crippen molar-refractivity contribution in [1.29, 1.82) is 0 Å². The molecular weight excluding hydrogens is 348 g/mol. The van der Waals surface area contributed by atoms with Gasteiger partial charge in [0, 0.05) is 13.1 Å². The van der Waals surface area contributed by atoms with E-state index in [9.17, 15) is 19.2 Å². The van der Waals surface area contributed by atoms with E-state index in [1.54, 1.807) is 23.1 Å². The molecule has 0 saturated carbocycles. The predicted octanol–water partition coefficient (Wildman–Crippen LogP) is 1.78. The van der Waals surface area contributed by atoms with E-state index in [4.69, 9.17) is 4.74 Å². The molecule has 3 amide bonds. The lowest BCUT2D eigenvalue weighted by molar-refractivity contribution is -0.155. The molecular formula is C20H24N2O5. The molecule has 1 saturated heterocycles. The van der Waals surface area contributed by atoms with Crippen molar-refractivity contribution < 1.29 is 23.9 Å². The number of fused-ring (bicyclic) bond motifs is 1. The molecule has 27 heavy (non-hydrogen) atoms. The van der Waals surface area contributed by atoms with Gasteiger partial charge in [0.2, 0.25) is 0 Å². The molecule has 7 nitrogen and oxygen atoms in total. The Morgan fingerprint density at radius 2 is 1.93 bits per heavy atom. The Morgan fingerprint density at radius 3 is 2.63 bits per heavy atom. The molecule has 2 heterocycles. The summed E-state index contributed by atoms with van der Waals surface area (Å²) in [6.07, 6.45) is 2.02. The minimum Gasteiger partial charge on any atom is -0.454 e. The molecule has 0 spiro atoms. The zero-order chi connectivity index (χ0) is 19.7. The van der Waals surface area contributed by atoms with Gasteiger partial charge in [-0.2, -0.15) is 0 Å². The number of hydrogen-bond acceptors (Lipinski definition) is 5. The van der Waals surface area contributed by atoms with Gasteiger partial charge in [-0.1, -0.05) is 18.6 Å². The average Bonchev–Trinajstić information content (AvgIpc) is 2.88. The highest BCUT2D eigenvalue weighted by atomic mass is 16.5. The topological polar surface area (TPSA) is 84.0 Å². The molecule has 3 rings (SSSR count). The number of amides is 3. The molecule has 2 aliphatic heterocycles. The fraction of sp³-hybridized carbons (Fsp3) is 0.500. The molecule has 0 radical (unpaired) electrons. The number of piperidine rings is 1. The van der Waals surface area contributed by atoms with E-state index in [1.807, 2.05) is 6.92 Å². The zero-order valence-electron chi connectivity index (χ0n) is 15.9. The normalized spacial score (nSPS) is 20.5. The van der Waals surface area contributed by atoms with Crippen molar-refractivity contribution in [3.63, 3.8) is 0 Å². The Bertz CT molecular complexity index is 804. The molecule has 1 aromatic carbocycles. The lowest BCUT2D eigenvalue weighted by atomic mass is 10.0. The van der Waals surface area contributed by atoms with Crippen LogP contribution in [0.5, 0.6) is 0 Å². The van der Waals surface area contributed by atoms with E-state index >= 15 is 0 Å². The molecule has 0 bridgehead atoms. The zero-order valence-corrected chi connectivity index (χ0v) is 15.9. The lowest BCUT2D eigenvalue weighted by Gasteiger charge is -2.31. The number of aryl methyl sites for hydroxylation is 1. The number of nitrogens with zero attached hydrogens (tertiary/aromatic N) is 2. The highest BCUT2D eigenvalue weighted by molar-refractivity contribution is 6.22. The van der Waals surface area contributed by atoms with Crippen molar-refractivity contribution >= 4 is 23.7 Å². The van der Waals surface area contributed by atoms with E-state index in [0.29, 0.717) is 19.0 Å². The highest BCUT2D eigenvalue weighted by Gasteiger charge is 2.41. The van der Waals surface area contributed by atoms with Crippen molar-refractivity contribution in [3.05, 3.63) is 34.9 Å². The van der Waals surface area contributed by atoms with Crippen molar-refractivity contribution in [1.82, 2.24) is 9.80 Å². The van der Waals surface area contributed by atoms with Gasteiger partial charge >= 0.3 is 5.97 Å². The second-order valence-corrected chi connectivity index (χ2v) is 7.40. The third-order valence-corrected chi connectivity index (χ3v) is 5.15. The number of carbonyl (C=O) groups is 4. The van der Waals surface area contributed by atoms with Crippen LogP contribution in [0.15, 0.2) is 18.2 Å². The first-order chi connectivity index (χ1) is 12.8. The summed E-state index contributed by atoms with van der Waals surface area (Å²) in [6.45, 7) is 6.28. The summed E-state index contributed by atoms with van der Waals surface area (Å²) in [5.74, 6) is -1.62. The Labute approximate surface area is 158 Å². The van der Waals surface area contributed by atoms with Gasteiger partial charge in [-0.15, -0.1) is 0 Å². The first-order valence-corrected chi connectivity index (χ1v) is 9.22. The van der Waals surface area contributed by atoms with E-state index in [2.05, 4.69) is 6.92 Å². The molecule has 2 atom stereocenters. The molecule has 2 unspecified atom stereocenters. The first kappa shape index (κ1) is 19.1. The molecule has 0 aromatic heterocycles. The van der Waals surface area contributed by atoms with E-state index in [1.165, 1.54) is 6.92 Å². The van der Waals surface area contributed by atoms with Gasteiger partial charge in [0.1, 0.15) is 6.04 Å². The molecule has 7 heteroatoms. The van der Waals surface area contributed by atoms with Gasteiger partial charge in [0.05, 0.1) is 11.1 Å². The number of imide groups is 1. The maximum Gasteiger partial charge on any atom is 0.329 e. The molecule has 0 N–H and O–H groups in total. The fourth-order valence-corrected chi connectivity index (χ4v) is 3.59. The molecule has 1 aromatic rings. The Morgan fingerprint density at radius 1 is 1.22 bits per heavy atom. The van der Waals surface area contributed by atoms with Crippen LogP contribution < -0.4 is 0 Å². The number of esters is 1. The van der Waals surface area contributed by atoms with Crippen LogP contribution in [0.1, 0.15) is 53.0 Å². The van der Waals surface area contributed by atoms with Crippen molar-refractivity contribution in [2.24, 2.45) is 5.92 Å². The largest absolute Gasteiger partial charge is 0.454 e. The van der Waals surface area contributed by atoms with Crippen LogP contribution in [0.3, 0.4) is 0 Å². The van der Waals surface area contributed by atoms with Crippen molar-refractivity contribution in [3.8, 4) is 0 Å². The quantitative estimate of drug-likeness (QED) is 0.594. The van der Waals surface area contributed by atoms with Crippen molar-refractivity contribution in [2.45, 2.75) is 39.7 Å². The Kier molecular flexibility index (Phi) is 5.30. The summed E-state index contributed by atoms with van der Waals surface area (Å²) in [5.41, 5.74) is 1.43. The monoisotopic (exact) mass is 372 g/mol. The van der Waals surface area contributed by atoms with Gasteiger partial charge in [-0.25, -0.2) is 4.79 Å². The van der Waals surface area contributed by atoms with Gasteiger partial charge in [-0.3, -0.25) is 19.3 Å². The molecule has 144 valence electrons. The second-order valence-electron chi connectivity index (χ2n) is 7.40. The standard InChI is InChI=1S/C20H24N2O5/c1-12-6-7-15-16(9-12)19(25)22(18(15)24)14(3)20(26)27-11-17(23)21-8-4-5-13(2)10-21/h6-7,9,13-14H,4-5,8,10-11H2,1-3H3. The third-order valence-electron chi connectivity index (χ3n) is 5.15. The van der Waals surface area contributed by atoms with Crippen LogP contribution in [0.4, 0.5) is 0 Å². The summed E-state index contributed by atoms with van der Waals surface area (Å²) in [5, 5.41) is 0. The number of carbonyl (C=O) groups excluding carboxylic acids is 4. The lowest BCUT2D eigenvalue weighted by Crippen LogP contribution is -2.45. The molecule has 1 fully saturated rings. The van der Waals surface area contributed by atoms with Gasteiger partial charge < -0.3 is 9.64 Å². The minimum absolute atomic E-state index is 0.250. The van der Waals surface area contributed by atoms with Crippen LogP contribution in [-0.2, 0) is 14.3 Å². The Hall–Kier alpha value is -2.70. The summed E-state index contributed by atoms with van der Waals surface area (Å²) < 4.78 is 5.11. The second kappa shape index (κ2) is 7.50.